The molecule has 0 aliphatic carbocycles. The van der Waals surface area contributed by atoms with Gasteiger partial charge < -0.3 is 5.73 Å². The van der Waals surface area contributed by atoms with Crippen molar-refractivity contribution in [2.24, 2.45) is 5.73 Å². The number of nitrogens with two attached hydrogens (primary N) is 1. The van der Waals surface area contributed by atoms with Crippen LogP contribution in [0.15, 0.2) is 0 Å². The van der Waals surface area contributed by atoms with E-state index in [0.717, 1.165) is 25.9 Å². The van der Waals surface area contributed by atoms with E-state index < -0.39 is 0 Å². The Kier molecular flexibility index (Phi) is 5.38. The van der Waals surface area contributed by atoms with Crippen molar-refractivity contribution >= 4 is 5.78 Å². The highest BCUT2D eigenvalue weighted by Gasteiger charge is 2.17. The van der Waals surface area contributed by atoms with E-state index in [-0.39, 0.29) is 0 Å². The molecule has 3 heteroatoms. The van der Waals surface area contributed by atoms with Gasteiger partial charge in [-0.1, -0.05) is 0 Å². The standard InChI is InChI=1S/C12H20N2O/c1-2-3-4-5-12(15)10-14-8-6-11(13)7-9-14/h11H,4-10,13H2,1H3. The zero-order chi connectivity index (χ0) is 11.1. The maximum atomic E-state index is 11.5. The smallest absolute Gasteiger partial charge is 0.147 e. The highest BCUT2D eigenvalue weighted by atomic mass is 16.1. The monoisotopic (exact) mass is 208 g/mol. The van der Waals surface area contributed by atoms with Crippen molar-refractivity contribution in [2.75, 3.05) is 19.6 Å². The number of hydrogen-bond acceptors (Lipinski definition) is 3. The van der Waals surface area contributed by atoms with E-state index in [9.17, 15) is 4.79 Å². The maximum absolute atomic E-state index is 11.5. The molecule has 1 aliphatic heterocycles. The van der Waals surface area contributed by atoms with E-state index in [1.165, 1.54) is 0 Å². The van der Waals surface area contributed by atoms with Gasteiger partial charge in [0.1, 0.15) is 5.78 Å². The van der Waals surface area contributed by atoms with Gasteiger partial charge in [0.15, 0.2) is 0 Å². The number of piperidine rings is 1. The van der Waals surface area contributed by atoms with Crippen LogP contribution in [0, 0.1) is 11.8 Å². The Hall–Kier alpha value is -0.850. The zero-order valence-electron chi connectivity index (χ0n) is 9.46. The molecule has 0 saturated carbocycles. The molecule has 0 bridgehead atoms. The van der Waals surface area contributed by atoms with Gasteiger partial charge in [-0.25, -0.2) is 0 Å². The van der Waals surface area contributed by atoms with Crippen molar-refractivity contribution < 1.29 is 4.79 Å². The molecule has 0 aromatic carbocycles. The summed E-state index contributed by atoms with van der Waals surface area (Å²) in [6.07, 6.45) is 3.32. The third-order valence-electron chi connectivity index (χ3n) is 2.74. The number of likely N-dealkylation sites (tertiary alicyclic amines) is 1. The minimum Gasteiger partial charge on any atom is -0.328 e. The van der Waals surface area contributed by atoms with Crippen LogP contribution in [0.4, 0.5) is 0 Å². The van der Waals surface area contributed by atoms with E-state index >= 15 is 0 Å². The molecule has 0 amide bonds. The number of carbonyl (C=O) groups excluding carboxylic acids is 1. The van der Waals surface area contributed by atoms with Gasteiger partial charge in [-0.15, -0.1) is 11.8 Å². The Balaban J connectivity index is 2.16. The molecule has 0 atom stereocenters. The van der Waals surface area contributed by atoms with Crippen LogP contribution in [0.2, 0.25) is 0 Å². The first kappa shape index (κ1) is 12.2. The highest BCUT2D eigenvalue weighted by molar-refractivity contribution is 5.80. The third-order valence-corrected chi connectivity index (χ3v) is 2.74. The van der Waals surface area contributed by atoms with Crippen LogP contribution in [-0.2, 0) is 4.79 Å². The molecule has 15 heavy (non-hydrogen) atoms. The van der Waals surface area contributed by atoms with Gasteiger partial charge in [0.25, 0.3) is 0 Å². The number of Topliss-reactive ketones (excluding diaryl/α,β-unsaturated/α-hetero) is 1. The minimum absolute atomic E-state index is 0.299. The van der Waals surface area contributed by atoms with Crippen LogP contribution in [-0.4, -0.2) is 36.4 Å². The summed E-state index contributed by atoms with van der Waals surface area (Å²) in [5.74, 6) is 6.01. The summed E-state index contributed by atoms with van der Waals surface area (Å²) < 4.78 is 0. The van der Waals surface area contributed by atoms with E-state index in [0.29, 0.717) is 31.2 Å². The SMILES string of the molecule is CC#CCCC(=O)CN1CCC(N)CC1. The summed E-state index contributed by atoms with van der Waals surface area (Å²) in [6, 6.07) is 0.335. The quantitative estimate of drug-likeness (QED) is 0.695. The molecule has 84 valence electrons. The van der Waals surface area contributed by atoms with E-state index in [4.69, 9.17) is 5.73 Å². The second-order valence-electron chi connectivity index (χ2n) is 4.08. The predicted molar refractivity (Wildman–Crippen MR) is 61.3 cm³/mol. The molecule has 0 spiro atoms. The number of carbonyl (C=O) groups is 1. The molecule has 3 nitrogen and oxygen atoms in total. The van der Waals surface area contributed by atoms with Crippen molar-refractivity contribution in [3.8, 4) is 11.8 Å². The second-order valence-corrected chi connectivity index (χ2v) is 4.08. The average molecular weight is 208 g/mol. The molecule has 1 saturated heterocycles. The predicted octanol–water partition coefficient (Wildman–Crippen LogP) is 0.782. The maximum Gasteiger partial charge on any atom is 0.147 e. The fraction of sp³-hybridized carbons (Fsp3) is 0.750. The topological polar surface area (TPSA) is 46.3 Å². The summed E-state index contributed by atoms with van der Waals surface area (Å²) in [5.41, 5.74) is 5.80. The van der Waals surface area contributed by atoms with Gasteiger partial charge in [-0.2, -0.15) is 0 Å². The summed E-state index contributed by atoms with van der Waals surface area (Å²) in [7, 11) is 0. The average Bonchev–Trinajstić information content (AvgIpc) is 2.22. The summed E-state index contributed by atoms with van der Waals surface area (Å²) >= 11 is 0. The summed E-state index contributed by atoms with van der Waals surface area (Å²) in [6.45, 7) is 4.31. The van der Waals surface area contributed by atoms with E-state index in [2.05, 4.69) is 16.7 Å². The Morgan fingerprint density at radius 1 is 1.47 bits per heavy atom. The lowest BCUT2D eigenvalue weighted by molar-refractivity contribution is -0.120. The van der Waals surface area contributed by atoms with Crippen molar-refractivity contribution in [1.82, 2.24) is 4.90 Å². The Bertz CT molecular complexity index is 257. The Labute approximate surface area is 92.0 Å². The van der Waals surface area contributed by atoms with Crippen LogP contribution in [0.1, 0.15) is 32.6 Å². The number of rotatable bonds is 4. The van der Waals surface area contributed by atoms with Gasteiger partial charge in [0.05, 0.1) is 6.54 Å². The molecular weight excluding hydrogens is 188 g/mol. The molecule has 1 heterocycles. The lowest BCUT2D eigenvalue weighted by Crippen LogP contribution is -2.41. The number of ketones is 1. The van der Waals surface area contributed by atoms with Crippen LogP contribution in [0.3, 0.4) is 0 Å². The molecule has 1 rings (SSSR count). The summed E-state index contributed by atoms with van der Waals surface area (Å²) in [5, 5.41) is 0. The third kappa shape index (κ3) is 4.96. The highest BCUT2D eigenvalue weighted by Crippen LogP contribution is 2.08. The second kappa shape index (κ2) is 6.60. The minimum atomic E-state index is 0.299. The molecule has 1 fully saturated rings. The fourth-order valence-corrected chi connectivity index (χ4v) is 1.77. The molecule has 0 radical (unpaired) electrons. The van der Waals surface area contributed by atoms with Crippen LogP contribution in [0.5, 0.6) is 0 Å². The Morgan fingerprint density at radius 3 is 2.73 bits per heavy atom. The first-order chi connectivity index (χ1) is 7.22. The first-order valence-corrected chi connectivity index (χ1v) is 5.61. The van der Waals surface area contributed by atoms with Gasteiger partial charge in [0.2, 0.25) is 0 Å². The summed E-state index contributed by atoms with van der Waals surface area (Å²) in [4.78, 5) is 13.7. The molecule has 0 unspecified atom stereocenters. The van der Waals surface area contributed by atoms with Gasteiger partial charge in [0, 0.05) is 32.0 Å². The molecule has 1 aliphatic rings. The molecule has 0 aromatic rings. The van der Waals surface area contributed by atoms with E-state index in [1.54, 1.807) is 6.92 Å². The lowest BCUT2D eigenvalue weighted by Gasteiger charge is -2.29. The van der Waals surface area contributed by atoms with Gasteiger partial charge >= 0.3 is 0 Å². The van der Waals surface area contributed by atoms with Crippen LogP contribution < -0.4 is 5.73 Å². The number of nitrogens with zero attached hydrogens (tertiary/aromatic N) is 1. The lowest BCUT2D eigenvalue weighted by atomic mass is 10.1. The van der Waals surface area contributed by atoms with Crippen molar-refractivity contribution in [2.45, 2.75) is 38.6 Å². The fourth-order valence-electron chi connectivity index (χ4n) is 1.77. The molecule has 2 N–H and O–H groups in total. The van der Waals surface area contributed by atoms with E-state index in [1.807, 2.05) is 0 Å². The first-order valence-electron chi connectivity index (χ1n) is 5.61. The normalized spacial score (nSPS) is 18.3. The van der Waals surface area contributed by atoms with Gasteiger partial charge in [-0.3, -0.25) is 9.69 Å². The largest absolute Gasteiger partial charge is 0.328 e. The zero-order valence-corrected chi connectivity index (χ0v) is 9.46. The Morgan fingerprint density at radius 2 is 2.13 bits per heavy atom. The molecular formula is C12H20N2O. The van der Waals surface area contributed by atoms with Crippen molar-refractivity contribution in [3.05, 3.63) is 0 Å². The molecule has 0 aromatic heterocycles. The van der Waals surface area contributed by atoms with Crippen molar-refractivity contribution in [3.63, 3.8) is 0 Å². The van der Waals surface area contributed by atoms with Crippen molar-refractivity contribution in [1.29, 1.82) is 0 Å². The van der Waals surface area contributed by atoms with Crippen LogP contribution in [0.25, 0.3) is 0 Å². The number of hydrogen-bond donors (Lipinski definition) is 1. The van der Waals surface area contributed by atoms with Gasteiger partial charge in [-0.05, 0) is 19.8 Å². The van der Waals surface area contributed by atoms with Crippen LogP contribution >= 0.6 is 0 Å².